The van der Waals surface area contributed by atoms with E-state index in [-0.39, 0.29) is 17.6 Å². The molecular weight excluding hydrogens is 458 g/mol. The van der Waals surface area contributed by atoms with Crippen molar-refractivity contribution >= 4 is 40.2 Å². The van der Waals surface area contributed by atoms with E-state index in [9.17, 15) is 9.59 Å². The van der Waals surface area contributed by atoms with Crippen LogP contribution in [0.4, 0.5) is 5.69 Å². The molecule has 2 amide bonds. The molecule has 6 nitrogen and oxygen atoms in total. The number of rotatable bonds is 10. The average Bonchev–Trinajstić information content (AvgIpc) is 3.22. The molecule has 0 saturated heterocycles. The van der Waals surface area contributed by atoms with Crippen molar-refractivity contribution in [2.45, 2.75) is 25.3 Å². The van der Waals surface area contributed by atoms with Gasteiger partial charge in [0.25, 0.3) is 5.91 Å². The monoisotopic (exact) mass is 487 g/mol. The van der Waals surface area contributed by atoms with E-state index < -0.39 is 0 Å². The number of nitrogens with zero attached hydrogens (tertiary/aromatic N) is 1. The predicted molar refractivity (Wildman–Crippen MR) is 142 cm³/mol. The lowest BCUT2D eigenvalue weighted by molar-refractivity contribution is -0.113. The van der Waals surface area contributed by atoms with E-state index in [1.54, 1.807) is 0 Å². The number of carbonyl (C=O) groups excluding carboxylic acids is 2. The number of anilines is 1. The summed E-state index contributed by atoms with van der Waals surface area (Å²) >= 11 is 1.49. The van der Waals surface area contributed by atoms with E-state index in [2.05, 4.69) is 33.5 Å². The molecule has 0 fully saturated rings. The largest absolute Gasteiger partial charge is 0.492 e. The van der Waals surface area contributed by atoms with Crippen molar-refractivity contribution in [1.29, 1.82) is 0 Å². The first-order valence-electron chi connectivity index (χ1n) is 11.6. The van der Waals surface area contributed by atoms with E-state index in [1.165, 1.54) is 11.8 Å². The number of hydrogen-bond acceptors (Lipinski definition) is 4. The van der Waals surface area contributed by atoms with Gasteiger partial charge in [-0.05, 0) is 43.7 Å². The van der Waals surface area contributed by atoms with Crippen LogP contribution in [0.1, 0.15) is 22.8 Å². The number of fused-ring (bicyclic) bond motifs is 1. The van der Waals surface area contributed by atoms with Gasteiger partial charge in [-0.1, -0.05) is 48.5 Å². The van der Waals surface area contributed by atoms with Gasteiger partial charge in [0.1, 0.15) is 5.75 Å². The van der Waals surface area contributed by atoms with Gasteiger partial charge >= 0.3 is 0 Å². The molecule has 7 heteroatoms. The molecule has 2 N–H and O–H groups in total. The smallest absolute Gasteiger partial charge is 0.251 e. The summed E-state index contributed by atoms with van der Waals surface area (Å²) in [6.45, 7) is 5.52. The summed E-state index contributed by atoms with van der Waals surface area (Å²) in [6.07, 6.45) is 2.05. The number of aryl methyl sites for hydroxylation is 1. The Labute approximate surface area is 209 Å². The van der Waals surface area contributed by atoms with Crippen LogP contribution in [0.25, 0.3) is 10.9 Å². The van der Waals surface area contributed by atoms with E-state index >= 15 is 0 Å². The first-order valence-corrected chi connectivity index (χ1v) is 12.6. The maximum Gasteiger partial charge on any atom is 0.251 e. The number of nitrogens with one attached hydrogen (secondary N) is 2. The third-order valence-corrected chi connectivity index (χ3v) is 6.64. The molecular formula is C28H29N3O3S. The minimum absolute atomic E-state index is 0.0711. The Bertz CT molecular complexity index is 1330. The van der Waals surface area contributed by atoms with Crippen LogP contribution in [0.2, 0.25) is 0 Å². The summed E-state index contributed by atoms with van der Waals surface area (Å²) in [5, 5.41) is 7.05. The van der Waals surface area contributed by atoms with Gasteiger partial charge in [-0.3, -0.25) is 9.59 Å². The third-order valence-electron chi connectivity index (χ3n) is 5.60. The minimum Gasteiger partial charge on any atom is -0.492 e. The van der Waals surface area contributed by atoms with Gasteiger partial charge in [-0.25, -0.2) is 0 Å². The topological polar surface area (TPSA) is 72.4 Å². The zero-order valence-corrected chi connectivity index (χ0v) is 20.7. The van der Waals surface area contributed by atoms with Crippen LogP contribution in [-0.4, -0.2) is 35.3 Å². The van der Waals surface area contributed by atoms with Crippen LogP contribution < -0.4 is 15.4 Å². The van der Waals surface area contributed by atoms with Crippen molar-refractivity contribution in [2.24, 2.45) is 0 Å². The number of amides is 2. The quantitative estimate of drug-likeness (QED) is 0.289. The minimum atomic E-state index is -0.0931. The highest BCUT2D eigenvalue weighted by molar-refractivity contribution is 8.00. The molecule has 0 bridgehead atoms. The van der Waals surface area contributed by atoms with Crippen LogP contribution in [0.3, 0.4) is 0 Å². The van der Waals surface area contributed by atoms with Crippen LogP contribution in [0.15, 0.2) is 83.9 Å². The van der Waals surface area contributed by atoms with Gasteiger partial charge < -0.3 is 19.9 Å². The fourth-order valence-corrected chi connectivity index (χ4v) is 4.80. The lowest BCUT2D eigenvalue weighted by Crippen LogP contribution is -2.27. The molecule has 1 heterocycles. The number of hydrogen-bond donors (Lipinski definition) is 2. The van der Waals surface area contributed by atoms with Crippen molar-refractivity contribution in [1.82, 2.24) is 9.88 Å². The average molecular weight is 488 g/mol. The summed E-state index contributed by atoms with van der Waals surface area (Å²) in [4.78, 5) is 26.2. The number of thioether (sulfide) groups is 1. The lowest BCUT2D eigenvalue weighted by atomic mass is 10.1. The predicted octanol–water partition coefficient (Wildman–Crippen LogP) is 5.51. The van der Waals surface area contributed by atoms with Crippen LogP contribution in [0, 0.1) is 6.92 Å². The molecule has 0 aliphatic rings. The van der Waals surface area contributed by atoms with Gasteiger partial charge in [-0.15, -0.1) is 11.8 Å². The number of benzene rings is 3. The normalized spacial score (nSPS) is 10.8. The molecule has 3 aromatic carbocycles. The second-order valence-corrected chi connectivity index (χ2v) is 9.06. The third kappa shape index (κ3) is 6.05. The number of para-hydroxylation sites is 3. The highest BCUT2D eigenvalue weighted by atomic mass is 32.2. The SMILES string of the molecule is CCOc1ccccc1NC(=O)CSc1cn(CCNC(=O)c2ccccc2C)c2ccccc12. The van der Waals surface area contributed by atoms with Crippen LogP contribution in [-0.2, 0) is 11.3 Å². The molecule has 0 spiro atoms. The van der Waals surface area contributed by atoms with Gasteiger partial charge in [0.15, 0.2) is 0 Å². The number of ether oxygens (including phenoxy) is 1. The van der Waals surface area contributed by atoms with E-state index in [0.717, 1.165) is 21.4 Å². The van der Waals surface area contributed by atoms with E-state index in [1.807, 2.05) is 74.5 Å². The first-order chi connectivity index (χ1) is 17.1. The second-order valence-electron chi connectivity index (χ2n) is 8.04. The first kappa shape index (κ1) is 24.4. The zero-order valence-electron chi connectivity index (χ0n) is 19.9. The van der Waals surface area contributed by atoms with Crippen molar-refractivity contribution in [2.75, 3.05) is 24.2 Å². The highest BCUT2D eigenvalue weighted by Gasteiger charge is 2.13. The highest BCUT2D eigenvalue weighted by Crippen LogP contribution is 2.30. The van der Waals surface area contributed by atoms with Crippen LogP contribution in [0.5, 0.6) is 5.75 Å². The van der Waals surface area contributed by atoms with Crippen molar-refractivity contribution in [3.8, 4) is 5.75 Å². The summed E-state index contributed by atoms with van der Waals surface area (Å²) < 4.78 is 7.72. The number of aromatic nitrogens is 1. The van der Waals surface area contributed by atoms with E-state index in [4.69, 9.17) is 4.74 Å². The molecule has 35 heavy (non-hydrogen) atoms. The molecule has 0 radical (unpaired) electrons. The Morgan fingerprint density at radius 3 is 2.54 bits per heavy atom. The molecule has 0 atom stereocenters. The maximum atomic E-state index is 12.7. The molecule has 0 unspecified atom stereocenters. The van der Waals surface area contributed by atoms with Crippen molar-refractivity contribution in [3.63, 3.8) is 0 Å². The Balaban J connectivity index is 1.39. The van der Waals surface area contributed by atoms with Gasteiger partial charge in [0.05, 0.1) is 18.0 Å². The fourth-order valence-electron chi connectivity index (χ4n) is 3.91. The van der Waals surface area contributed by atoms with Gasteiger partial charge in [0, 0.05) is 40.6 Å². The zero-order chi connectivity index (χ0) is 24.6. The molecule has 1 aromatic heterocycles. The molecule has 180 valence electrons. The fraction of sp³-hybridized carbons (Fsp3) is 0.214. The van der Waals surface area contributed by atoms with E-state index in [0.29, 0.717) is 36.7 Å². The Kier molecular flexibility index (Phi) is 8.11. The summed E-state index contributed by atoms with van der Waals surface area (Å²) in [5.74, 6) is 0.777. The lowest BCUT2D eigenvalue weighted by Gasteiger charge is -2.11. The second kappa shape index (κ2) is 11.6. The molecule has 0 aliphatic heterocycles. The summed E-state index contributed by atoms with van der Waals surface area (Å²) in [5.41, 5.74) is 3.39. The van der Waals surface area contributed by atoms with Crippen molar-refractivity contribution in [3.05, 3.63) is 90.1 Å². The number of carbonyl (C=O) groups is 2. The molecule has 4 rings (SSSR count). The summed E-state index contributed by atoms with van der Waals surface area (Å²) in [6, 6.07) is 23.1. The van der Waals surface area contributed by atoms with Gasteiger partial charge in [0.2, 0.25) is 5.91 Å². The summed E-state index contributed by atoms with van der Waals surface area (Å²) in [7, 11) is 0. The van der Waals surface area contributed by atoms with Crippen LogP contribution >= 0.6 is 11.8 Å². The van der Waals surface area contributed by atoms with Gasteiger partial charge in [-0.2, -0.15) is 0 Å². The Morgan fingerprint density at radius 1 is 0.971 bits per heavy atom. The Morgan fingerprint density at radius 2 is 1.71 bits per heavy atom. The Hall–Kier alpha value is -3.71. The standard InChI is InChI=1S/C28H29N3O3S/c1-3-34-25-15-9-7-13-23(25)30-27(32)19-35-26-18-31(24-14-8-6-12-22(24)26)17-16-29-28(33)21-11-5-4-10-20(21)2/h4-15,18H,3,16-17,19H2,1-2H3,(H,29,33)(H,30,32). The molecule has 0 saturated carbocycles. The van der Waals surface area contributed by atoms with Crippen molar-refractivity contribution < 1.29 is 14.3 Å². The molecule has 4 aromatic rings. The maximum absolute atomic E-state index is 12.7. The molecule has 0 aliphatic carbocycles.